The van der Waals surface area contributed by atoms with Crippen molar-refractivity contribution in [3.05, 3.63) is 11.3 Å². The summed E-state index contributed by atoms with van der Waals surface area (Å²) in [6, 6.07) is 2.26. The molecule has 0 saturated carbocycles. The van der Waals surface area contributed by atoms with E-state index in [4.69, 9.17) is 10.00 Å². The molecule has 1 atom stereocenters. The van der Waals surface area contributed by atoms with Gasteiger partial charge in [-0.15, -0.1) is 0 Å². The second-order valence-corrected chi connectivity index (χ2v) is 3.21. The number of ether oxygens (including phenoxy) is 1. The molecule has 1 aliphatic rings. The lowest BCUT2D eigenvalue weighted by Crippen LogP contribution is -2.07. The van der Waals surface area contributed by atoms with Crippen molar-refractivity contribution in [1.29, 1.82) is 5.26 Å². The Bertz CT molecular complexity index is 224. The monoisotopic (exact) mass is 165 g/mol. The molecule has 66 valence electrons. The molecule has 0 radical (unpaired) electrons. The van der Waals surface area contributed by atoms with E-state index in [0.29, 0.717) is 0 Å². The molecule has 0 aromatic rings. The van der Waals surface area contributed by atoms with Crippen molar-refractivity contribution in [2.45, 2.75) is 32.6 Å². The van der Waals surface area contributed by atoms with Gasteiger partial charge >= 0.3 is 0 Å². The first-order chi connectivity index (χ1) is 5.79. The molecule has 0 aromatic heterocycles. The highest BCUT2D eigenvalue weighted by Crippen LogP contribution is 2.29. The summed E-state index contributed by atoms with van der Waals surface area (Å²) < 4.78 is 5.26. The predicted molar refractivity (Wildman–Crippen MR) is 47.3 cm³/mol. The van der Waals surface area contributed by atoms with Crippen LogP contribution in [0.2, 0.25) is 0 Å². The first kappa shape index (κ1) is 9.12. The van der Waals surface area contributed by atoms with Gasteiger partial charge in [0.1, 0.15) is 0 Å². The number of nitrogens with zero attached hydrogens (tertiary/aromatic N) is 1. The van der Waals surface area contributed by atoms with Crippen molar-refractivity contribution in [2.75, 3.05) is 7.11 Å². The molecule has 0 aromatic carbocycles. The lowest BCUT2D eigenvalue weighted by Gasteiger charge is -2.20. The molecular weight excluding hydrogens is 150 g/mol. The fourth-order valence-electron chi connectivity index (χ4n) is 1.67. The normalized spacial score (nSPS) is 20.1. The minimum absolute atomic E-state index is 0.0280. The van der Waals surface area contributed by atoms with E-state index in [1.807, 2.05) is 6.92 Å². The summed E-state index contributed by atoms with van der Waals surface area (Å²) in [6.07, 6.45) is 4.45. The Morgan fingerprint density at radius 2 is 2.08 bits per heavy atom. The molecule has 0 amide bonds. The minimum atomic E-state index is 0.0280. The zero-order valence-corrected chi connectivity index (χ0v) is 7.76. The van der Waals surface area contributed by atoms with Crippen molar-refractivity contribution in [1.82, 2.24) is 0 Å². The largest absolute Gasteiger partial charge is 0.501 e. The van der Waals surface area contributed by atoms with E-state index in [1.165, 1.54) is 18.4 Å². The highest BCUT2D eigenvalue weighted by atomic mass is 16.5. The second-order valence-electron chi connectivity index (χ2n) is 3.21. The number of hydrogen-bond acceptors (Lipinski definition) is 2. The van der Waals surface area contributed by atoms with Gasteiger partial charge in [-0.3, -0.25) is 0 Å². The van der Waals surface area contributed by atoms with Crippen molar-refractivity contribution < 1.29 is 4.74 Å². The van der Waals surface area contributed by atoms with Crippen molar-refractivity contribution >= 4 is 0 Å². The van der Waals surface area contributed by atoms with Crippen LogP contribution in [0, 0.1) is 17.2 Å². The molecule has 0 bridgehead atoms. The Hall–Kier alpha value is -0.970. The Labute approximate surface area is 73.8 Å². The summed E-state index contributed by atoms with van der Waals surface area (Å²) in [5, 5.41) is 8.76. The number of nitriles is 1. The molecule has 1 unspecified atom stereocenters. The molecule has 2 heteroatoms. The van der Waals surface area contributed by atoms with Gasteiger partial charge in [0.2, 0.25) is 0 Å². The zero-order chi connectivity index (χ0) is 8.97. The van der Waals surface area contributed by atoms with Crippen LogP contribution in [0.1, 0.15) is 32.6 Å². The van der Waals surface area contributed by atoms with Gasteiger partial charge in [-0.2, -0.15) is 5.26 Å². The predicted octanol–water partition coefficient (Wildman–Crippen LogP) is 2.62. The molecular formula is C10H15NO. The number of methoxy groups -OCH3 is 1. The smallest absolute Gasteiger partial charge is 0.0960 e. The molecule has 0 fully saturated rings. The fraction of sp³-hybridized carbons (Fsp3) is 0.700. The van der Waals surface area contributed by atoms with Crippen LogP contribution in [0.15, 0.2) is 11.3 Å². The Morgan fingerprint density at radius 3 is 2.67 bits per heavy atom. The van der Waals surface area contributed by atoms with Crippen molar-refractivity contribution in [3.8, 4) is 6.07 Å². The maximum Gasteiger partial charge on any atom is 0.0960 e. The maximum atomic E-state index is 8.76. The Balaban J connectivity index is 2.81. The second kappa shape index (κ2) is 4.15. The van der Waals surface area contributed by atoms with Crippen LogP contribution in [-0.4, -0.2) is 7.11 Å². The van der Waals surface area contributed by atoms with Crippen LogP contribution in [0.3, 0.4) is 0 Å². The third kappa shape index (κ3) is 1.79. The van der Waals surface area contributed by atoms with Crippen molar-refractivity contribution in [3.63, 3.8) is 0 Å². The van der Waals surface area contributed by atoms with Gasteiger partial charge in [0.15, 0.2) is 0 Å². The lowest BCUT2D eigenvalue weighted by atomic mass is 9.90. The van der Waals surface area contributed by atoms with E-state index in [1.54, 1.807) is 7.11 Å². The van der Waals surface area contributed by atoms with Crippen molar-refractivity contribution in [2.24, 2.45) is 5.92 Å². The summed E-state index contributed by atoms with van der Waals surface area (Å²) in [4.78, 5) is 0. The van der Waals surface area contributed by atoms with Crippen LogP contribution in [0.5, 0.6) is 0 Å². The number of rotatable bonds is 2. The molecule has 12 heavy (non-hydrogen) atoms. The highest BCUT2D eigenvalue weighted by Gasteiger charge is 2.17. The van der Waals surface area contributed by atoms with Crippen LogP contribution in [0.25, 0.3) is 0 Å². The SMILES string of the molecule is COC1=C(C(C)C#N)CCCC1. The third-order valence-electron chi connectivity index (χ3n) is 2.42. The summed E-state index contributed by atoms with van der Waals surface area (Å²) in [5.41, 5.74) is 1.21. The van der Waals surface area contributed by atoms with Gasteiger partial charge in [0, 0.05) is 6.42 Å². The third-order valence-corrected chi connectivity index (χ3v) is 2.42. The molecule has 0 saturated heterocycles. The summed E-state index contributed by atoms with van der Waals surface area (Å²) in [6.45, 7) is 1.94. The van der Waals surface area contributed by atoms with Gasteiger partial charge in [-0.05, 0) is 31.8 Å². The van der Waals surface area contributed by atoms with E-state index in [2.05, 4.69) is 6.07 Å². The standard InChI is InChI=1S/C10H15NO/c1-8(7-11)9-5-3-4-6-10(9)12-2/h8H,3-6H2,1-2H3. The molecule has 0 aliphatic heterocycles. The van der Waals surface area contributed by atoms with E-state index in [-0.39, 0.29) is 5.92 Å². The Morgan fingerprint density at radius 1 is 1.42 bits per heavy atom. The van der Waals surface area contributed by atoms with Gasteiger partial charge < -0.3 is 4.74 Å². The topological polar surface area (TPSA) is 33.0 Å². The average Bonchev–Trinajstić information content (AvgIpc) is 2.16. The van der Waals surface area contributed by atoms with Gasteiger partial charge in [-0.1, -0.05) is 0 Å². The molecule has 0 spiro atoms. The molecule has 2 nitrogen and oxygen atoms in total. The number of allylic oxidation sites excluding steroid dienone is 2. The molecule has 1 aliphatic carbocycles. The van der Waals surface area contributed by atoms with E-state index < -0.39 is 0 Å². The van der Waals surface area contributed by atoms with Gasteiger partial charge in [0.25, 0.3) is 0 Å². The van der Waals surface area contributed by atoms with E-state index in [9.17, 15) is 0 Å². The van der Waals surface area contributed by atoms with E-state index >= 15 is 0 Å². The minimum Gasteiger partial charge on any atom is -0.501 e. The van der Waals surface area contributed by atoms with Crippen LogP contribution in [-0.2, 0) is 4.74 Å². The first-order valence-electron chi connectivity index (χ1n) is 4.45. The molecule has 1 rings (SSSR count). The summed E-state index contributed by atoms with van der Waals surface area (Å²) in [7, 11) is 1.70. The van der Waals surface area contributed by atoms with Crippen LogP contribution < -0.4 is 0 Å². The van der Waals surface area contributed by atoms with Gasteiger partial charge in [0.05, 0.1) is 24.9 Å². The molecule has 0 heterocycles. The van der Waals surface area contributed by atoms with Crippen LogP contribution in [0.4, 0.5) is 0 Å². The Kier molecular flexibility index (Phi) is 3.16. The maximum absolute atomic E-state index is 8.76. The summed E-state index contributed by atoms with van der Waals surface area (Å²) >= 11 is 0. The van der Waals surface area contributed by atoms with E-state index in [0.717, 1.165) is 18.6 Å². The average molecular weight is 165 g/mol. The summed E-state index contributed by atoms with van der Waals surface area (Å²) in [5.74, 6) is 1.08. The van der Waals surface area contributed by atoms with Crippen LogP contribution >= 0.6 is 0 Å². The van der Waals surface area contributed by atoms with Gasteiger partial charge in [-0.25, -0.2) is 0 Å². The highest BCUT2D eigenvalue weighted by molar-refractivity contribution is 5.19. The zero-order valence-electron chi connectivity index (χ0n) is 7.76. The number of hydrogen-bond donors (Lipinski definition) is 0. The molecule has 0 N–H and O–H groups in total. The lowest BCUT2D eigenvalue weighted by molar-refractivity contribution is 0.256. The fourth-order valence-corrected chi connectivity index (χ4v) is 1.67. The first-order valence-corrected chi connectivity index (χ1v) is 4.45. The quantitative estimate of drug-likeness (QED) is 0.630.